The Morgan fingerprint density at radius 2 is 1.66 bits per heavy atom. The van der Waals surface area contributed by atoms with Crippen LogP contribution < -0.4 is 4.90 Å². The minimum absolute atomic E-state index is 0.0423. The Hall–Kier alpha value is -2.21. The van der Waals surface area contributed by atoms with E-state index in [1.165, 1.54) is 0 Å². The molecule has 0 saturated carbocycles. The molecule has 1 saturated heterocycles. The third-order valence-electron chi connectivity index (χ3n) is 4.94. The number of hydrogen-bond donors (Lipinski definition) is 0. The van der Waals surface area contributed by atoms with Gasteiger partial charge in [-0.05, 0) is 49.4 Å². The van der Waals surface area contributed by atoms with Crippen LogP contribution in [-0.4, -0.2) is 46.8 Å². The summed E-state index contributed by atoms with van der Waals surface area (Å²) in [4.78, 5) is 17.3. The maximum absolute atomic E-state index is 13.2. The molecular weight excluding hydrogens is 431 g/mol. The lowest BCUT2D eigenvalue weighted by Gasteiger charge is -2.36. The molecule has 8 heteroatoms. The molecule has 0 N–H and O–H groups in total. The van der Waals surface area contributed by atoms with Crippen LogP contribution in [0.15, 0.2) is 48.5 Å². The Bertz CT molecular complexity index is 1060. The molecule has 0 spiro atoms. The smallest absolute Gasteiger partial charge is 0.272 e. The van der Waals surface area contributed by atoms with E-state index in [1.807, 2.05) is 42.2 Å². The highest BCUT2D eigenvalue weighted by Crippen LogP contribution is 2.28. The first-order valence-electron chi connectivity index (χ1n) is 9.24. The predicted molar refractivity (Wildman–Crippen MR) is 118 cm³/mol. The van der Waals surface area contributed by atoms with Gasteiger partial charge in [-0.2, -0.15) is 5.10 Å². The molecule has 1 aliphatic heterocycles. The Labute approximate surface area is 184 Å². The molecule has 150 valence electrons. The van der Waals surface area contributed by atoms with Gasteiger partial charge >= 0.3 is 0 Å². The van der Waals surface area contributed by atoms with E-state index in [0.29, 0.717) is 46.9 Å². The fourth-order valence-corrected chi connectivity index (χ4v) is 3.94. The number of nitrogens with zero attached hydrogens (tertiary/aromatic N) is 4. The van der Waals surface area contributed by atoms with Gasteiger partial charge in [0.25, 0.3) is 5.91 Å². The van der Waals surface area contributed by atoms with Crippen LogP contribution in [0, 0.1) is 6.92 Å². The van der Waals surface area contributed by atoms with Gasteiger partial charge in [0.15, 0.2) is 0 Å². The van der Waals surface area contributed by atoms with Crippen LogP contribution in [0.25, 0.3) is 5.69 Å². The number of benzene rings is 2. The minimum Gasteiger partial charge on any atom is -0.368 e. The predicted octanol–water partition coefficient (Wildman–Crippen LogP) is 5.10. The van der Waals surface area contributed by atoms with Gasteiger partial charge < -0.3 is 9.80 Å². The molecule has 2 aromatic carbocycles. The van der Waals surface area contributed by atoms with Crippen molar-refractivity contribution in [3.63, 3.8) is 0 Å². The topological polar surface area (TPSA) is 41.4 Å². The SMILES string of the molecule is Cc1cc(C(=O)N2CCN(c3ccc(Cl)c(Cl)c3)CC2)n(-c2cccc(Cl)c2)n1. The lowest BCUT2D eigenvalue weighted by molar-refractivity contribution is 0.0737. The molecule has 1 aliphatic rings. The van der Waals surface area contributed by atoms with Crippen LogP contribution in [0.5, 0.6) is 0 Å². The number of piperazine rings is 1. The number of hydrogen-bond acceptors (Lipinski definition) is 3. The molecule has 0 radical (unpaired) electrons. The molecule has 0 atom stereocenters. The zero-order chi connectivity index (χ0) is 20.5. The first-order chi connectivity index (χ1) is 13.9. The number of aryl methyl sites for hydroxylation is 1. The van der Waals surface area contributed by atoms with Crippen molar-refractivity contribution < 1.29 is 4.79 Å². The van der Waals surface area contributed by atoms with Crippen LogP contribution in [0.4, 0.5) is 5.69 Å². The number of carbonyl (C=O) groups is 1. The minimum atomic E-state index is -0.0423. The molecule has 4 rings (SSSR count). The largest absolute Gasteiger partial charge is 0.368 e. The summed E-state index contributed by atoms with van der Waals surface area (Å²) < 4.78 is 1.66. The molecule has 0 unspecified atom stereocenters. The van der Waals surface area contributed by atoms with Crippen LogP contribution in [0.3, 0.4) is 0 Å². The van der Waals surface area contributed by atoms with Gasteiger partial charge in [-0.15, -0.1) is 0 Å². The summed E-state index contributed by atoms with van der Waals surface area (Å²) in [7, 11) is 0. The Balaban J connectivity index is 1.51. The van der Waals surface area contributed by atoms with Gasteiger partial charge in [0.05, 0.1) is 21.4 Å². The average molecular weight is 450 g/mol. The van der Waals surface area contributed by atoms with E-state index in [9.17, 15) is 4.79 Å². The maximum Gasteiger partial charge on any atom is 0.272 e. The highest BCUT2D eigenvalue weighted by atomic mass is 35.5. The fraction of sp³-hybridized carbons (Fsp3) is 0.238. The van der Waals surface area contributed by atoms with Crippen molar-refractivity contribution in [3.8, 4) is 5.69 Å². The van der Waals surface area contributed by atoms with Crippen molar-refractivity contribution in [1.29, 1.82) is 0 Å². The third-order valence-corrected chi connectivity index (χ3v) is 5.91. The van der Waals surface area contributed by atoms with Gasteiger partial charge in [-0.3, -0.25) is 4.79 Å². The maximum atomic E-state index is 13.2. The van der Waals surface area contributed by atoms with Gasteiger partial charge in [-0.25, -0.2) is 4.68 Å². The Morgan fingerprint density at radius 3 is 2.34 bits per heavy atom. The fourth-order valence-electron chi connectivity index (χ4n) is 3.47. The van der Waals surface area contributed by atoms with E-state index in [1.54, 1.807) is 22.9 Å². The van der Waals surface area contributed by atoms with E-state index in [2.05, 4.69) is 10.00 Å². The van der Waals surface area contributed by atoms with Gasteiger partial charge in [-0.1, -0.05) is 40.9 Å². The third kappa shape index (κ3) is 4.22. The first-order valence-corrected chi connectivity index (χ1v) is 10.4. The number of carbonyl (C=O) groups excluding carboxylic acids is 1. The monoisotopic (exact) mass is 448 g/mol. The van der Waals surface area contributed by atoms with Crippen molar-refractivity contribution in [3.05, 3.63) is 75.0 Å². The van der Waals surface area contributed by atoms with Crippen molar-refractivity contribution in [2.45, 2.75) is 6.92 Å². The van der Waals surface area contributed by atoms with E-state index in [0.717, 1.165) is 17.1 Å². The molecule has 1 aromatic heterocycles. The summed E-state index contributed by atoms with van der Waals surface area (Å²) in [5, 5.41) is 6.16. The van der Waals surface area contributed by atoms with Crippen molar-refractivity contribution in [2.75, 3.05) is 31.1 Å². The van der Waals surface area contributed by atoms with E-state index >= 15 is 0 Å². The summed E-state index contributed by atoms with van der Waals surface area (Å²) in [6.07, 6.45) is 0. The zero-order valence-electron chi connectivity index (χ0n) is 15.8. The second-order valence-electron chi connectivity index (χ2n) is 6.94. The Kier molecular flexibility index (Phi) is 5.72. The summed E-state index contributed by atoms with van der Waals surface area (Å²) in [6, 6.07) is 14.7. The molecule has 3 aromatic rings. The molecule has 1 fully saturated rings. The quantitative estimate of drug-likeness (QED) is 0.558. The number of amides is 1. The molecule has 29 heavy (non-hydrogen) atoms. The van der Waals surface area contributed by atoms with Gasteiger partial charge in [0.1, 0.15) is 5.69 Å². The van der Waals surface area contributed by atoms with E-state index in [-0.39, 0.29) is 5.91 Å². The second-order valence-corrected chi connectivity index (χ2v) is 8.19. The number of rotatable bonds is 3. The van der Waals surface area contributed by atoms with E-state index < -0.39 is 0 Å². The van der Waals surface area contributed by atoms with E-state index in [4.69, 9.17) is 34.8 Å². The van der Waals surface area contributed by atoms with Crippen LogP contribution in [0.1, 0.15) is 16.2 Å². The first kappa shape index (κ1) is 20.1. The summed E-state index contributed by atoms with van der Waals surface area (Å²) in [6.45, 7) is 4.53. The normalized spacial score (nSPS) is 14.3. The molecule has 2 heterocycles. The molecule has 5 nitrogen and oxygen atoms in total. The van der Waals surface area contributed by atoms with Crippen molar-refractivity contribution in [2.24, 2.45) is 0 Å². The van der Waals surface area contributed by atoms with Crippen molar-refractivity contribution in [1.82, 2.24) is 14.7 Å². The standard InChI is InChI=1S/C21H19Cl3N4O/c1-14-11-20(28(25-14)17-4-2-3-15(22)12-17)21(29)27-9-7-26(8-10-27)16-5-6-18(23)19(24)13-16/h2-6,11-13H,7-10H2,1H3. The van der Waals surface area contributed by atoms with Gasteiger partial charge in [0, 0.05) is 36.9 Å². The summed E-state index contributed by atoms with van der Waals surface area (Å²) >= 11 is 18.3. The van der Waals surface area contributed by atoms with Crippen LogP contribution in [-0.2, 0) is 0 Å². The molecule has 1 amide bonds. The lowest BCUT2D eigenvalue weighted by atomic mass is 10.2. The summed E-state index contributed by atoms with van der Waals surface area (Å²) in [5.74, 6) is -0.0423. The average Bonchev–Trinajstić information content (AvgIpc) is 3.11. The Morgan fingerprint density at radius 1 is 0.897 bits per heavy atom. The number of anilines is 1. The summed E-state index contributed by atoms with van der Waals surface area (Å²) in [5.41, 5.74) is 3.09. The second kappa shape index (κ2) is 8.27. The van der Waals surface area contributed by atoms with Crippen LogP contribution >= 0.6 is 34.8 Å². The van der Waals surface area contributed by atoms with Crippen LogP contribution in [0.2, 0.25) is 15.1 Å². The number of halogens is 3. The number of aromatic nitrogens is 2. The highest BCUT2D eigenvalue weighted by molar-refractivity contribution is 6.42. The lowest BCUT2D eigenvalue weighted by Crippen LogP contribution is -2.49. The van der Waals surface area contributed by atoms with Crippen molar-refractivity contribution >= 4 is 46.4 Å². The highest BCUT2D eigenvalue weighted by Gasteiger charge is 2.26. The molecule has 0 aliphatic carbocycles. The zero-order valence-corrected chi connectivity index (χ0v) is 18.0. The molecular formula is C21H19Cl3N4O. The molecule has 0 bridgehead atoms. The van der Waals surface area contributed by atoms with Gasteiger partial charge in [0.2, 0.25) is 0 Å².